The maximum absolute atomic E-state index is 12.9. The van der Waals surface area contributed by atoms with Gasteiger partial charge in [0.25, 0.3) is 0 Å². The van der Waals surface area contributed by atoms with Gasteiger partial charge in [-0.2, -0.15) is 0 Å². The summed E-state index contributed by atoms with van der Waals surface area (Å²) in [6.07, 6.45) is -0.360. The molecule has 2 aromatic rings. The molecule has 0 saturated heterocycles. The topological polar surface area (TPSA) is 83.0 Å². The summed E-state index contributed by atoms with van der Waals surface area (Å²) in [6, 6.07) is 5.78. The third-order valence-corrected chi connectivity index (χ3v) is 3.88. The highest BCUT2D eigenvalue weighted by molar-refractivity contribution is 7.99. The molecule has 2 N–H and O–H groups in total. The Kier molecular flexibility index (Phi) is 5.37. The Morgan fingerprint density at radius 1 is 1.41 bits per heavy atom. The van der Waals surface area contributed by atoms with Gasteiger partial charge in [0.1, 0.15) is 11.6 Å². The van der Waals surface area contributed by atoms with Crippen LogP contribution in [0.25, 0.3) is 0 Å². The number of primary amides is 1. The highest BCUT2D eigenvalue weighted by Gasteiger charge is 2.19. The molecule has 0 aliphatic heterocycles. The van der Waals surface area contributed by atoms with Crippen molar-refractivity contribution in [3.05, 3.63) is 35.9 Å². The first kappa shape index (κ1) is 16.3. The van der Waals surface area contributed by atoms with Gasteiger partial charge >= 0.3 is 0 Å². The van der Waals surface area contributed by atoms with Gasteiger partial charge in [-0.05, 0) is 38.1 Å². The smallest absolute Gasteiger partial charge is 0.227 e. The average Bonchev–Trinajstić information content (AvgIpc) is 2.90. The fourth-order valence-electron chi connectivity index (χ4n) is 1.91. The van der Waals surface area contributed by atoms with E-state index in [1.54, 1.807) is 12.1 Å². The van der Waals surface area contributed by atoms with Crippen LogP contribution in [0, 0.1) is 5.82 Å². The van der Waals surface area contributed by atoms with Crippen LogP contribution in [0.4, 0.5) is 4.39 Å². The third-order valence-electron chi connectivity index (χ3n) is 2.90. The number of hydrogen-bond acceptors (Lipinski definition) is 5. The van der Waals surface area contributed by atoms with Crippen LogP contribution in [-0.2, 0) is 11.3 Å². The van der Waals surface area contributed by atoms with Gasteiger partial charge in [-0.1, -0.05) is 11.8 Å². The van der Waals surface area contributed by atoms with Crippen molar-refractivity contribution in [2.24, 2.45) is 5.73 Å². The first-order chi connectivity index (χ1) is 10.5. The number of hydrogen-bond donors (Lipinski definition) is 1. The van der Waals surface area contributed by atoms with Crippen LogP contribution in [0.1, 0.15) is 25.8 Å². The van der Waals surface area contributed by atoms with Crippen molar-refractivity contribution < 1.29 is 13.9 Å². The van der Waals surface area contributed by atoms with Gasteiger partial charge < -0.3 is 15.0 Å². The molecule has 2 rings (SSSR count). The standard InChI is InChI=1S/C14H17FN4O2S/c1-3-19-13(17-18-14(19)22-8-12(16)20)9(2)21-11-6-4-10(15)5-7-11/h4-7,9H,3,8H2,1-2H3,(H2,16,20)/t9-/m1/s1. The molecule has 0 aliphatic rings. The Bertz CT molecular complexity index is 645. The number of nitrogens with zero attached hydrogens (tertiary/aromatic N) is 3. The summed E-state index contributed by atoms with van der Waals surface area (Å²) in [6.45, 7) is 4.43. The number of halogens is 1. The molecular formula is C14H17FN4O2S. The molecule has 22 heavy (non-hydrogen) atoms. The third kappa shape index (κ3) is 3.97. The molecule has 6 nitrogen and oxygen atoms in total. The summed E-state index contributed by atoms with van der Waals surface area (Å²) >= 11 is 1.24. The van der Waals surface area contributed by atoms with Crippen molar-refractivity contribution in [1.82, 2.24) is 14.8 Å². The summed E-state index contributed by atoms with van der Waals surface area (Å²) in [5, 5.41) is 8.80. The number of carbonyl (C=O) groups excluding carboxylic acids is 1. The van der Waals surface area contributed by atoms with Gasteiger partial charge in [0.15, 0.2) is 17.1 Å². The summed E-state index contributed by atoms with van der Waals surface area (Å²) in [5.41, 5.74) is 5.14. The first-order valence-electron chi connectivity index (χ1n) is 6.77. The van der Waals surface area contributed by atoms with E-state index in [4.69, 9.17) is 10.5 Å². The molecule has 1 heterocycles. The number of carbonyl (C=O) groups is 1. The minimum absolute atomic E-state index is 0.144. The molecule has 1 atom stereocenters. The van der Waals surface area contributed by atoms with E-state index in [1.807, 2.05) is 18.4 Å². The Morgan fingerprint density at radius 2 is 2.09 bits per heavy atom. The van der Waals surface area contributed by atoms with Crippen LogP contribution in [0.5, 0.6) is 5.75 Å². The summed E-state index contributed by atoms with van der Waals surface area (Å²) < 4.78 is 20.5. The maximum atomic E-state index is 12.9. The zero-order valence-corrected chi connectivity index (χ0v) is 13.1. The van der Waals surface area contributed by atoms with E-state index in [9.17, 15) is 9.18 Å². The number of thioether (sulfide) groups is 1. The van der Waals surface area contributed by atoms with Crippen LogP contribution in [0.2, 0.25) is 0 Å². The molecule has 0 aliphatic carbocycles. The fourth-order valence-corrected chi connectivity index (χ4v) is 2.66. The molecule has 0 bridgehead atoms. The van der Waals surface area contributed by atoms with Crippen molar-refractivity contribution in [3.63, 3.8) is 0 Å². The van der Waals surface area contributed by atoms with Gasteiger partial charge in [0.05, 0.1) is 5.75 Å². The van der Waals surface area contributed by atoms with Crippen molar-refractivity contribution >= 4 is 17.7 Å². The molecule has 0 radical (unpaired) electrons. The van der Waals surface area contributed by atoms with Crippen molar-refractivity contribution in [3.8, 4) is 5.75 Å². The molecular weight excluding hydrogens is 307 g/mol. The number of aromatic nitrogens is 3. The summed E-state index contributed by atoms with van der Waals surface area (Å²) in [5.74, 6) is 0.602. The molecule has 1 aromatic carbocycles. The lowest BCUT2D eigenvalue weighted by Gasteiger charge is -2.15. The van der Waals surface area contributed by atoms with E-state index in [0.29, 0.717) is 23.3 Å². The summed E-state index contributed by atoms with van der Waals surface area (Å²) in [4.78, 5) is 10.9. The molecule has 118 valence electrons. The zero-order chi connectivity index (χ0) is 16.1. The molecule has 0 unspecified atom stereocenters. The van der Waals surface area contributed by atoms with Gasteiger partial charge in [-0.3, -0.25) is 4.79 Å². The molecule has 1 amide bonds. The van der Waals surface area contributed by atoms with Crippen LogP contribution in [0.3, 0.4) is 0 Å². The van der Waals surface area contributed by atoms with Crippen molar-refractivity contribution in [2.75, 3.05) is 5.75 Å². The van der Waals surface area contributed by atoms with E-state index >= 15 is 0 Å². The van der Waals surface area contributed by atoms with Crippen molar-refractivity contribution in [2.45, 2.75) is 31.7 Å². The summed E-state index contributed by atoms with van der Waals surface area (Å²) in [7, 11) is 0. The molecule has 1 aromatic heterocycles. The lowest BCUT2D eigenvalue weighted by Crippen LogP contribution is -2.15. The lowest BCUT2D eigenvalue weighted by atomic mass is 10.3. The Labute approximate surface area is 131 Å². The van der Waals surface area contributed by atoms with Crippen molar-refractivity contribution in [1.29, 1.82) is 0 Å². The first-order valence-corrected chi connectivity index (χ1v) is 7.76. The largest absolute Gasteiger partial charge is 0.483 e. The number of benzene rings is 1. The van der Waals surface area contributed by atoms with Crippen LogP contribution in [-0.4, -0.2) is 26.4 Å². The second-order valence-corrected chi connectivity index (χ2v) is 5.50. The highest BCUT2D eigenvalue weighted by Crippen LogP contribution is 2.24. The monoisotopic (exact) mass is 324 g/mol. The lowest BCUT2D eigenvalue weighted by molar-refractivity contribution is -0.115. The quantitative estimate of drug-likeness (QED) is 0.789. The van der Waals surface area contributed by atoms with Gasteiger partial charge in [0, 0.05) is 6.54 Å². The minimum Gasteiger partial charge on any atom is -0.483 e. The van der Waals surface area contributed by atoms with Gasteiger partial charge in [0.2, 0.25) is 5.91 Å². The zero-order valence-electron chi connectivity index (χ0n) is 12.3. The van der Waals surface area contributed by atoms with E-state index in [-0.39, 0.29) is 17.7 Å². The second-order valence-electron chi connectivity index (χ2n) is 4.55. The predicted molar refractivity (Wildman–Crippen MR) is 81.1 cm³/mol. The normalized spacial score (nSPS) is 12.1. The maximum Gasteiger partial charge on any atom is 0.227 e. The molecule has 0 spiro atoms. The highest BCUT2D eigenvalue weighted by atomic mass is 32.2. The second kappa shape index (κ2) is 7.26. The van der Waals surface area contributed by atoms with E-state index in [2.05, 4.69) is 10.2 Å². The Morgan fingerprint density at radius 3 is 2.68 bits per heavy atom. The molecule has 0 fully saturated rings. The number of rotatable bonds is 7. The average molecular weight is 324 g/mol. The number of nitrogens with two attached hydrogens (primary N) is 1. The predicted octanol–water partition coefficient (Wildman–Crippen LogP) is 2.15. The fraction of sp³-hybridized carbons (Fsp3) is 0.357. The van der Waals surface area contributed by atoms with E-state index in [1.165, 1.54) is 23.9 Å². The van der Waals surface area contributed by atoms with Crippen LogP contribution in [0.15, 0.2) is 29.4 Å². The Hall–Kier alpha value is -2.09. The SMILES string of the molecule is CCn1c(SCC(N)=O)nnc1[C@@H](C)Oc1ccc(F)cc1. The van der Waals surface area contributed by atoms with Gasteiger partial charge in [-0.25, -0.2) is 4.39 Å². The number of ether oxygens (including phenoxy) is 1. The van der Waals surface area contributed by atoms with Crippen LogP contribution >= 0.6 is 11.8 Å². The van der Waals surface area contributed by atoms with E-state index in [0.717, 1.165) is 0 Å². The minimum atomic E-state index is -0.409. The number of amides is 1. The van der Waals surface area contributed by atoms with Gasteiger partial charge in [-0.15, -0.1) is 10.2 Å². The molecule has 0 saturated carbocycles. The Balaban J connectivity index is 2.13. The molecule has 8 heteroatoms. The van der Waals surface area contributed by atoms with E-state index < -0.39 is 5.91 Å². The van der Waals surface area contributed by atoms with Crippen LogP contribution < -0.4 is 10.5 Å².